The molecule has 1 N–H and O–H groups in total. The lowest BCUT2D eigenvalue weighted by Gasteiger charge is -2.17. The number of amides is 1. The summed E-state index contributed by atoms with van der Waals surface area (Å²) in [5.41, 5.74) is 1.08. The third kappa shape index (κ3) is 3.81. The van der Waals surface area contributed by atoms with Crippen molar-refractivity contribution in [2.75, 3.05) is 19.0 Å². The van der Waals surface area contributed by atoms with E-state index in [0.29, 0.717) is 6.54 Å². The fourth-order valence-electron chi connectivity index (χ4n) is 2.18. The van der Waals surface area contributed by atoms with Gasteiger partial charge in [0.2, 0.25) is 5.91 Å². The fraction of sp³-hybridized carbons (Fsp3) is 0.467. The molecule has 0 aromatic carbocycles. The smallest absolute Gasteiger partial charge is 0.223 e. The van der Waals surface area contributed by atoms with Crippen LogP contribution >= 0.6 is 0 Å². The van der Waals surface area contributed by atoms with Crippen LogP contribution in [0.4, 0.5) is 5.82 Å². The highest BCUT2D eigenvalue weighted by molar-refractivity contribution is 5.79. The topological polar surface area (TPSA) is 45.2 Å². The van der Waals surface area contributed by atoms with Crippen molar-refractivity contribution in [3.8, 4) is 0 Å². The Hall–Kier alpha value is -1.84. The van der Waals surface area contributed by atoms with Crippen molar-refractivity contribution < 1.29 is 4.79 Å². The lowest BCUT2D eigenvalue weighted by Crippen LogP contribution is -2.30. The molecule has 1 aromatic heterocycles. The van der Waals surface area contributed by atoms with Gasteiger partial charge in [0.25, 0.3) is 0 Å². The second kappa shape index (κ2) is 6.36. The van der Waals surface area contributed by atoms with Gasteiger partial charge in [-0.1, -0.05) is 12.2 Å². The van der Waals surface area contributed by atoms with Crippen molar-refractivity contribution in [3.63, 3.8) is 0 Å². The first-order valence-electron chi connectivity index (χ1n) is 6.72. The standard InChI is InChI=1S/C15H21N3O/c1-18(2)14-10-12(8-9-16-14)11-17-15(19)13-6-4-3-5-7-13/h3-4,8-10,13H,5-7,11H2,1-2H3,(H,17,19)/t13-/m1/s1. The summed E-state index contributed by atoms with van der Waals surface area (Å²) in [4.78, 5) is 18.2. The molecule has 0 radical (unpaired) electrons. The van der Waals surface area contributed by atoms with Gasteiger partial charge in [0, 0.05) is 32.8 Å². The molecule has 0 unspecified atom stereocenters. The molecule has 1 aliphatic carbocycles. The average molecular weight is 259 g/mol. The van der Waals surface area contributed by atoms with Crippen LogP contribution in [0.5, 0.6) is 0 Å². The van der Waals surface area contributed by atoms with E-state index in [4.69, 9.17) is 0 Å². The fourth-order valence-corrected chi connectivity index (χ4v) is 2.18. The second-order valence-corrected chi connectivity index (χ2v) is 5.12. The molecule has 4 heteroatoms. The van der Waals surface area contributed by atoms with Gasteiger partial charge < -0.3 is 10.2 Å². The summed E-state index contributed by atoms with van der Waals surface area (Å²) in [6.45, 7) is 0.572. The molecule has 0 fully saturated rings. The zero-order valence-corrected chi connectivity index (χ0v) is 11.6. The van der Waals surface area contributed by atoms with E-state index < -0.39 is 0 Å². The van der Waals surface area contributed by atoms with Gasteiger partial charge in [0.15, 0.2) is 0 Å². The first kappa shape index (κ1) is 13.6. The first-order valence-corrected chi connectivity index (χ1v) is 6.72. The van der Waals surface area contributed by atoms with Crippen molar-refractivity contribution in [1.29, 1.82) is 0 Å². The summed E-state index contributed by atoms with van der Waals surface area (Å²) in [6.07, 6.45) is 8.87. The number of aromatic nitrogens is 1. The Morgan fingerprint density at radius 1 is 1.47 bits per heavy atom. The van der Waals surface area contributed by atoms with Gasteiger partial charge in [-0.15, -0.1) is 0 Å². The van der Waals surface area contributed by atoms with E-state index in [2.05, 4.69) is 22.5 Å². The molecule has 0 aliphatic heterocycles. The minimum Gasteiger partial charge on any atom is -0.363 e. The predicted molar refractivity (Wildman–Crippen MR) is 76.9 cm³/mol. The highest BCUT2D eigenvalue weighted by Gasteiger charge is 2.18. The van der Waals surface area contributed by atoms with E-state index in [1.807, 2.05) is 31.1 Å². The van der Waals surface area contributed by atoms with Crippen LogP contribution in [0.2, 0.25) is 0 Å². The van der Waals surface area contributed by atoms with Gasteiger partial charge in [-0.3, -0.25) is 4.79 Å². The summed E-state index contributed by atoms with van der Waals surface area (Å²) in [5.74, 6) is 1.21. The van der Waals surface area contributed by atoms with E-state index >= 15 is 0 Å². The van der Waals surface area contributed by atoms with Crippen LogP contribution < -0.4 is 10.2 Å². The van der Waals surface area contributed by atoms with Gasteiger partial charge in [-0.05, 0) is 37.0 Å². The van der Waals surface area contributed by atoms with Gasteiger partial charge in [0.1, 0.15) is 5.82 Å². The second-order valence-electron chi connectivity index (χ2n) is 5.12. The van der Waals surface area contributed by atoms with Crippen LogP contribution in [0.15, 0.2) is 30.5 Å². The number of carbonyl (C=O) groups excluding carboxylic acids is 1. The summed E-state index contributed by atoms with van der Waals surface area (Å²) in [5, 5.41) is 3.02. The Bertz CT molecular complexity index is 468. The van der Waals surface area contributed by atoms with Crippen LogP contribution in [-0.2, 0) is 11.3 Å². The molecule has 19 heavy (non-hydrogen) atoms. The molecule has 1 atom stereocenters. The number of anilines is 1. The van der Waals surface area contributed by atoms with Gasteiger partial charge >= 0.3 is 0 Å². The number of hydrogen-bond donors (Lipinski definition) is 1. The molecule has 1 amide bonds. The third-order valence-corrected chi connectivity index (χ3v) is 3.37. The minimum atomic E-state index is 0.139. The van der Waals surface area contributed by atoms with Gasteiger partial charge in [-0.2, -0.15) is 0 Å². The van der Waals surface area contributed by atoms with E-state index in [1.165, 1.54) is 0 Å². The minimum absolute atomic E-state index is 0.139. The van der Waals surface area contributed by atoms with Gasteiger partial charge in [-0.25, -0.2) is 4.98 Å². The first-order chi connectivity index (χ1) is 9.16. The van der Waals surface area contributed by atoms with Crippen molar-refractivity contribution in [2.45, 2.75) is 25.8 Å². The lowest BCUT2D eigenvalue weighted by atomic mass is 9.93. The van der Waals surface area contributed by atoms with Crippen molar-refractivity contribution >= 4 is 11.7 Å². The molecule has 4 nitrogen and oxygen atoms in total. The van der Waals surface area contributed by atoms with E-state index in [9.17, 15) is 4.79 Å². The molecular weight excluding hydrogens is 238 g/mol. The third-order valence-electron chi connectivity index (χ3n) is 3.37. The summed E-state index contributed by atoms with van der Waals surface area (Å²) in [7, 11) is 3.91. The summed E-state index contributed by atoms with van der Waals surface area (Å²) in [6, 6.07) is 3.94. The van der Waals surface area contributed by atoms with Crippen LogP contribution in [-0.4, -0.2) is 25.0 Å². The molecule has 1 aliphatic rings. The molecule has 0 bridgehead atoms. The van der Waals surface area contributed by atoms with E-state index in [-0.39, 0.29) is 11.8 Å². The van der Waals surface area contributed by atoms with E-state index in [1.54, 1.807) is 6.20 Å². The van der Waals surface area contributed by atoms with Crippen molar-refractivity contribution in [2.24, 2.45) is 5.92 Å². The number of nitrogens with one attached hydrogen (secondary N) is 1. The molecule has 0 spiro atoms. The quantitative estimate of drug-likeness (QED) is 0.842. The Labute approximate surface area is 114 Å². The molecule has 102 valence electrons. The zero-order chi connectivity index (χ0) is 13.7. The Balaban J connectivity index is 1.89. The molecule has 0 saturated carbocycles. The number of nitrogens with zero attached hydrogens (tertiary/aromatic N) is 2. The SMILES string of the molecule is CN(C)c1cc(CNC(=O)[C@@H]2CC=CCC2)ccn1. The van der Waals surface area contributed by atoms with Crippen molar-refractivity contribution in [1.82, 2.24) is 10.3 Å². The highest BCUT2D eigenvalue weighted by Crippen LogP contribution is 2.18. The number of hydrogen-bond acceptors (Lipinski definition) is 3. The summed E-state index contributed by atoms with van der Waals surface area (Å²) >= 11 is 0. The largest absolute Gasteiger partial charge is 0.363 e. The predicted octanol–water partition coefficient (Wildman–Crippen LogP) is 2.12. The Morgan fingerprint density at radius 2 is 2.32 bits per heavy atom. The summed E-state index contributed by atoms with van der Waals surface area (Å²) < 4.78 is 0. The molecule has 2 rings (SSSR count). The maximum atomic E-state index is 12.0. The Morgan fingerprint density at radius 3 is 3.00 bits per heavy atom. The molecular formula is C15H21N3O. The molecule has 0 saturated heterocycles. The molecule has 1 aromatic rings. The van der Waals surface area contributed by atoms with Crippen LogP contribution in [0.3, 0.4) is 0 Å². The number of allylic oxidation sites excluding steroid dienone is 2. The van der Waals surface area contributed by atoms with Crippen molar-refractivity contribution in [3.05, 3.63) is 36.0 Å². The van der Waals surface area contributed by atoms with Crippen LogP contribution in [0.25, 0.3) is 0 Å². The normalized spacial score (nSPS) is 18.1. The number of pyridine rings is 1. The lowest BCUT2D eigenvalue weighted by molar-refractivity contribution is -0.125. The van der Waals surface area contributed by atoms with Crippen LogP contribution in [0.1, 0.15) is 24.8 Å². The Kier molecular flexibility index (Phi) is 4.55. The average Bonchev–Trinajstić information content (AvgIpc) is 2.46. The number of rotatable bonds is 4. The maximum Gasteiger partial charge on any atom is 0.223 e. The van der Waals surface area contributed by atoms with Crippen LogP contribution in [0, 0.1) is 5.92 Å². The van der Waals surface area contributed by atoms with E-state index in [0.717, 1.165) is 30.6 Å². The maximum absolute atomic E-state index is 12.0. The zero-order valence-electron chi connectivity index (χ0n) is 11.6. The highest BCUT2D eigenvalue weighted by atomic mass is 16.1. The number of carbonyl (C=O) groups is 1. The monoisotopic (exact) mass is 259 g/mol. The van der Waals surface area contributed by atoms with Gasteiger partial charge in [0.05, 0.1) is 0 Å². The molecule has 1 heterocycles.